The van der Waals surface area contributed by atoms with Crippen LogP contribution in [0.4, 0.5) is 0 Å². The Hall–Kier alpha value is -8.12. The summed E-state index contributed by atoms with van der Waals surface area (Å²) in [7, 11) is 0. The predicted octanol–water partition coefficient (Wildman–Crippen LogP) is 20.8. The maximum Gasteiger partial charge on any atom is 0.161 e. The summed E-state index contributed by atoms with van der Waals surface area (Å²) in [6.45, 7) is 22.1. The Morgan fingerprint density at radius 2 is 0.443 bits per heavy atom. The molecule has 0 aliphatic carbocycles. The molecule has 12 heteroatoms. The molecule has 0 saturated carbocycles. The van der Waals surface area contributed by atoms with Crippen molar-refractivity contribution in [2.45, 2.75) is 158 Å². The molecule has 5 heterocycles. The van der Waals surface area contributed by atoms with Gasteiger partial charge < -0.3 is 47.9 Å². The second kappa shape index (κ2) is 33.3. The first-order chi connectivity index (χ1) is 43.3. The lowest BCUT2D eigenvalue weighted by Crippen LogP contribution is -2.03. The van der Waals surface area contributed by atoms with Crippen molar-refractivity contribution in [2.24, 2.45) is 0 Å². The number of aromatic nitrogens is 4. The van der Waals surface area contributed by atoms with Crippen LogP contribution in [-0.2, 0) is 0 Å². The summed E-state index contributed by atoms with van der Waals surface area (Å²) in [5.74, 6) is 5.70. The molecule has 2 aliphatic heterocycles. The Bertz CT molecular complexity index is 3170. The number of unbranched alkanes of at least 4 members (excludes halogenated alkanes) is 8. The minimum absolute atomic E-state index is 0.569. The van der Waals surface area contributed by atoms with E-state index in [1.54, 1.807) is 0 Å². The number of aromatic amines is 2. The van der Waals surface area contributed by atoms with Crippen molar-refractivity contribution >= 4 is 46.4 Å². The van der Waals surface area contributed by atoms with Gasteiger partial charge in [0.25, 0.3) is 0 Å². The van der Waals surface area contributed by atoms with Gasteiger partial charge in [0.1, 0.15) is 0 Å². The van der Waals surface area contributed by atoms with Crippen LogP contribution >= 0.6 is 0 Å². The molecule has 8 bridgehead atoms. The molecule has 0 amide bonds. The Kier molecular flexibility index (Phi) is 24.3. The number of H-pyrrole nitrogens is 2. The summed E-state index contributed by atoms with van der Waals surface area (Å²) in [5, 5.41) is 0. The van der Waals surface area contributed by atoms with Crippen LogP contribution in [0.25, 0.3) is 90.9 Å². The summed E-state index contributed by atoms with van der Waals surface area (Å²) in [5.41, 5.74) is 13.8. The molecular formula is C76H94N4O8. The third kappa shape index (κ3) is 16.3. The fourth-order valence-corrected chi connectivity index (χ4v) is 10.6. The van der Waals surface area contributed by atoms with Crippen LogP contribution in [0.1, 0.15) is 181 Å². The van der Waals surface area contributed by atoms with E-state index in [-0.39, 0.29) is 0 Å². The van der Waals surface area contributed by atoms with Gasteiger partial charge in [0.05, 0.1) is 75.6 Å². The number of nitrogens with one attached hydrogen (secondary N) is 2. The van der Waals surface area contributed by atoms with E-state index < -0.39 is 0 Å². The monoisotopic (exact) mass is 1190 g/mol. The maximum atomic E-state index is 6.61. The fourth-order valence-electron chi connectivity index (χ4n) is 10.6. The lowest BCUT2D eigenvalue weighted by atomic mass is 10.0. The summed E-state index contributed by atoms with van der Waals surface area (Å²) in [6.07, 6.45) is 24.1. The summed E-state index contributed by atoms with van der Waals surface area (Å²) >= 11 is 0. The number of rotatable bonds is 36. The topological polar surface area (TPSA) is 131 Å². The first kappa shape index (κ1) is 64.4. The summed E-state index contributed by atoms with van der Waals surface area (Å²) < 4.78 is 52.1. The third-order valence-electron chi connectivity index (χ3n) is 15.7. The molecule has 4 aromatic carbocycles. The van der Waals surface area contributed by atoms with Crippen molar-refractivity contribution in [1.29, 1.82) is 0 Å². The normalized spacial score (nSPS) is 11.7. The SMILES string of the molecule is CCCCOc1ccc(-c2c3nc(c(-c4ccc(OCCCC)c(OCCCC)c4)c4ccc([nH]4)c(-c4ccc(OCCCC)c(OCCCC)c4)c4nc(c(-c5ccc(OCCCC)c(OCCCC)c5)c5ccc2[nH]5)C=C4)C=C3)cc1OCCCC. The van der Waals surface area contributed by atoms with E-state index in [0.717, 1.165) is 215 Å². The molecule has 0 saturated heterocycles. The number of hydrogen-bond donors (Lipinski definition) is 2. The minimum Gasteiger partial charge on any atom is -0.490 e. The summed E-state index contributed by atoms with van der Waals surface area (Å²) in [6, 6.07) is 33.8. The van der Waals surface area contributed by atoms with Crippen molar-refractivity contribution in [1.82, 2.24) is 19.9 Å². The van der Waals surface area contributed by atoms with Crippen molar-refractivity contribution in [3.8, 4) is 90.5 Å². The van der Waals surface area contributed by atoms with Crippen LogP contribution in [0.3, 0.4) is 0 Å². The van der Waals surface area contributed by atoms with Gasteiger partial charge in [-0.25, -0.2) is 9.97 Å². The zero-order valence-corrected chi connectivity index (χ0v) is 53.7. The van der Waals surface area contributed by atoms with Gasteiger partial charge in [-0.05, 0) is 171 Å². The molecular weight excluding hydrogens is 1100 g/mol. The van der Waals surface area contributed by atoms with Gasteiger partial charge in [-0.3, -0.25) is 0 Å². The van der Waals surface area contributed by atoms with Crippen LogP contribution in [0.5, 0.6) is 46.0 Å². The van der Waals surface area contributed by atoms with E-state index in [2.05, 4.69) is 162 Å². The lowest BCUT2D eigenvalue weighted by Gasteiger charge is -2.15. The number of hydrogen-bond acceptors (Lipinski definition) is 10. The highest BCUT2D eigenvalue weighted by molar-refractivity contribution is 6.00. The zero-order valence-electron chi connectivity index (χ0n) is 53.7. The molecule has 0 radical (unpaired) electrons. The highest BCUT2D eigenvalue weighted by Crippen LogP contribution is 2.44. The maximum absolute atomic E-state index is 6.61. The van der Waals surface area contributed by atoms with Crippen molar-refractivity contribution in [3.05, 3.63) is 120 Å². The van der Waals surface area contributed by atoms with Crippen LogP contribution in [0, 0.1) is 0 Å². The Balaban J connectivity index is 1.40. The molecule has 0 unspecified atom stereocenters. The van der Waals surface area contributed by atoms with Gasteiger partial charge in [-0.15, -0.1) is 0 Å². The van der Waals surface area contributed by atoms with E-state index in [0.29, 0.717) is 75.9 Å². The second-order valence-electron chi connectivity index (χ2n) is 22.8. The number of benzene rings is 4. The first-order valence-electron chi connectivity index (χ1n) is 33.1. The van der Waals surface area contributed by atoms with Gasteiger partial charge in [-0.2, -0.15) is 0 Å². The molecule has 9 rings (SSSR count). The summed E-state index contributed by atoms with van der Waals surface area (Å²) in [4.78, 5) is 19.3. The molecule has 2 N–H and O–H groups in total. The first-order valence-corrected chi connectivity index (χ1v) is 33.1. The molecule has 88 heavy (non-hydrogen) atoms. The smallest absolute Gasteiger partial charge is 0.161 e. The van der Waals surface area contributed by atoms with E-state index in [1.165, 1.54) is 0 Å². The van der Waals surface area contributed by atoms with Gasteiger partial charge in [0.2, 0.25) is 0 Å². The molecule has 0 fully saturated rings. The number of ether oxygens (including phenoxy) is 8. The molecule has 0 atom stereocenters. The van der Waals surface area contributed by atoms with Crippen LogP contribution in [0.2, 0.25) is 0 Å². The number of nitrogens with zero attached hydrogens (tertiary/aromatic N) is 2. The van der Waals surface area contributed by atoms with Gasteiger partial charge in [0, 0.05) is 44.3 Å². The molecule has 466 valence electrons. The standard InChI is InChI=1S/C76H94N4O8/c1-9-17-41-81-65-37-25-53(49-69(65)85-45-21-13-5)73-57-29-31-59(77-57)74(54-26-38-66(82-42-18-10-2)70(50-54)86-46-22-14-6)61-33-35-63(79-61)76(56-28-40-68(84-44-20-12-4)72(52-56)88-48-24-16-8)64-36-34-62(80-64)75(60-32-30-58(73)78-60)55-27-39-67(83-43-19-11-3)71(51-55)87-47-23-15-7/h25-40,49-52,77,80H,9-24,41-48H2,1-8H3. The quantitative estimate of drug-likeness (QED) is 0.0366. The van der Waals surface area contributed by atoms with Gasteiger partial charge in [0.15, 0.2) is 46.0 Å². The molecule has 0 spiro atoms. The van der Waals surface area contributed by atoms with E-state index in [9.17, 15) is 0 Å². The largest absolute Gasteiger partial charge is 0.490 e. The van der Waals surface area contributed by atoms with E-state index >= 15 is 0 Å². The van der Waals surface area contributed by atoms with Crippen LogP contribution < -0.4 is 37.9 Å². The molecule has 7 aromatic rings. The highest BCUT2D eigenvalue weighted by atomic mass is 16.5. The van der Waals surface area contributed by atoms with E-state index in [4.69, 9.17) is 47.9 Å². The molecule has 12 nitrogen and oxygen atoms in total. The van der Waals surface area contributed by atoms with Crippen LogP contribution in [0.15, 0.2) is 97.1 Å². The zero-order chi connectivity index (χ0) is 61.5. The Labute approximate surface area is 523 Å². The fraction of sp³-hybridized carbons (Fsp3) is 0.421. The van der Waals surface area contributed by atoms with Crippen molar-refractivity contribution in [2.75, 3.05) is 52.9 Å². The van der Waals surface area contributed by atoms with Crippen molar-refractivity contribution in [3.63, 3.8) is 0 Å². The number of fused-ring (bicyclic) bond motifs is 8. The highest BCUT2D eigenvalue weighted by Gasteiger charge is 2.23. The predicted molar refractivity (Wildman–Crippen MR) is 364 cm³/mol. The van der Waals surface area contributed by atoms with Crippen LogP contribution in [-0.4, -0.2) is 72.8 Å². The Morgan fingerprint density at radius 3 is 0.636 bits per heavy atom. The second-order valence-corrected chi connectivity index (χ2v) is 22.8. The van der Waals surface area contributed by atoms with E-state index in [1.807, 2.05) is 24.3 Å². The Morgan fingerprint density at radius 1 is 0.250 bits per heavy atom. The van der Waals surface area contributed by atoms with Gasteiger partial charge in [-0.1, -0.05) is 131 Å². The average Bonchev–Trinajstić information content (AvgIpc) is 2.96. The van der Waals surface area contributed by atoms with Gasteiger partial charge >= 0.3 is 0 Å². The average molecular weight is 1190 g/mol. The minimum atomic E-state index is 0.569. The molecule has 2 aliphatic rings. The molecule has 3 aromatic heterocycles. The lowest BCUT2D eigenvalue weighted by molar-refractivity contribution is 0.262. The third-order valence-corrected chi connectivity index (χ3v) is 15.7. The van der Waals surface area contributed by atoms with Crippen molar-refractivity contribution < 1.29 is 37.9 Å².